The molecule has 0 N–H and O–H groups in total. The van der Waals surface area contributed by atoms with Gasteiger partial charge in [0, 0.05) is 18.1 Å². The van der Waals surface area contributed by atoms with Gasteiger partial charge >= 0.3 is 0 Å². The molecule has 0 radical (unpaired) electrons. The number of halogens is 1. The van der Waals surface area contributed by atoms with Crippen LogP contribution in [0, 0.1) is 6.92 Å². The number of pyridine rings is 1. The topological polar surface area (TPSA) is 72.3 Å². The summed E-state index contributed by atoms with van der Waals surface area (Å²) in [6, 6.07) is 10.2. The minimum Gasteiger partial charge on any atom is -0.335 e. The third kappa shape index (κ3) is 3.63. The monoisotopic (exact) mass is 427 g/mol. The highest BCUT2D eigenvalue weighted by atomic mass is 35.5. The average molecular weight is 428 g/mol. The van der Waals surface area contributed by atoms with Crippen LogP contribution in [0.15, 0.2) is 53.6 Å². The Morgan fingerprint density at radius 3 is 2.62 bits per heavy atom. The first-order valence-electron chi connectivity index (χ1n) is 9.25. The Bertz CT molecular complexity index is 1220. The van der Waals surface area contributed by atoms with Gasteiger partial charge in [-0.2, -0.15) is 0 Å². The molecule has 1 aliphatic rings. The van der Waals surface area contributed by atoms with Crippen LogP contribution in [0.3, 0.4) is 0 Å². The largest absolute Gasteiger partial charge is 0.335 e. The maximum atomic E-state index is 13.6. The van der Waals surface area contributed by atoms with E-state index >= 15 is 0 Å². The van der Waals surface area contributed by atoms with Crippen LogP contribution in [0.5, 0.6) is 0 Å². The molecular weight excluding hydrogens is 409 g/mol. The van der Waals surface area contributed by atoms with E-state index in [2.05, 4.69) is 4.98 Å². The van der Waals surface area contributed by atoms with Gasteiger partial charge < -0.3 is 9.61 Å². The number of aromatic nitrogens is 2. The predicted molar refractivity (Wildman–Crippen MR) is 117 cm³/mol. The second kappa shape index (κ2) is 7.78. The molecule has 1 aromatic carbocycles. The molecule has 0 fully saturated rings. The van der Waals surface area contributed by atoms with E-state index in [1.54, 1.807) is 36.4 Å². The average Bonchev–Trinajstić information content (AvgIpc) is 3.11. The second-order valence-corrected chi connectivity index (χ2v) is 9.24. The van der Waals surface area contributed by atoms with Gasteiger partial charge in [-0.1, -0.05) is 35.4 Å². The van der Waals surface area contributed by atoms with Gasteiger partial charge in [-0.3, -0.25) is 0 Å². The maximum Gasteiger partial charge on any atom is 0.281 e. The zero-order valence-corrected chi connectivity index (χ0v) is 17.4. The third-order valence-corrected chi connectivity index (χ3v) is 7.17. The number of benzene rings is 1. The molecule has 3 aromatic rings. The summed E-state index contributed by atoms with van der Waals surface area (Å²) in [6.45, 7) is 3.17. The molecule has 1 aliphatic heterocycles. The highest BCUT2D eigenvalue weighted by molar-refractivity contribution is 7.90. The smallest absolute Gasteiger partial charge is 0.281 e. The molecule has 0 saturated heterocycles. The summed E-state index contributed by atoms with van der Waals surface area (Å²) >= 11 is 6.35. The molecule has 0 unspecified atom stereocenters. The zero-order valence-electron chi connectivity index (χ0n) is 15.9. The van der Waals surface area contributed by atoms with E-state index in [1.807, 2.05) is 17.8 Å². The third-order valence-electron chi connectivity index (χ3n) is 5.12. The number of hydrogen-bond donors (Lipinski definition) is 0. The fourth-order valence-corrected chi connectivity index (χ4v) is 5.23. The van der Waals surface area contributed by atoms with Crippen LogP contribution in [0.25, 0.3) is 16.6 Å². The standard InChI is InChI=1S/C20H19BClN3O3S/c1-14-2-4-16(5-3-14)29(27,28)25-19(12-17-18(22)6-9-23-20(17)25)15-7-10-24(11-8-15)21-13-26/h2-7,9,12-13,21H,8,10-11H2,1H3. The van der Waals surface area contributed by atoms with Crippen molar-refractivity contribution in [3.8, 4) is 0 Å². The lowest BCUT2D eigenvalue weighted by Crippen LogP contribution is -2.33. The molecule has 3 heterocycles. The quantitative estimate of drug-likeness (QED) is 0.462. The van der Waals surface area contributed by atoms with E-state index in [-0.39, 0.29) is 4.90 Å². The lowest BCUT2D eigenvalue weighted by Gasteiger charge is -2.24. The molecule has 0 aliphatic carbocycles. The zero-order chi connectivity index (χ0) is 20.6. The van der Waals surface area contributed by atoms with Crippen LogP contribution in [0.2, 0.25) is 5.02 Å². The second-order valence-electron chi connectivity index (χ2n) is 7.05. The molecule has 9 heteroatoms. The molecule has 148 valence electrons. The SMILES string of the molecule is Cc1ccc(S(=O)(=O)n2c(C3=CCN(BC=O)CC3)cc3c(Cl)ccnc32)cc1. The van der Waals surface area contributed by atoms with Gasteiger partial charge in [0.25, 0.3) is 17.4 Å². The number of fused-ring (bicyclic) bond motifs is 1. The van der Waals surface area contributed by atoms with E-state index in [1.165, 1.54) is 10.2 Å². The molecule has 0 saturated carbocycles. The maximum absolute atomic E-state index is 13.6. The number of aryl methyl sites for hydroxylation is 1. The first-order chi connectivity index (χ1) is 13.9. The summed E-state index contributed by atoms with van der Waals surface area (Å²) in [5.74, 6) is 0. The van der Waals surface area contributed by atoms with Crippen LogP contribution >= 0.6 is 11.6 Å². The molecule has 0 atom stereocenters. The molecule has 0 amide bonds. The minimum atomic E-state index is -3.87. The summed E-state index contributed by atoms with van der Waals surface area (Å²) in [4.78, 5) is 17.3. The number of nitrogens with zero attached hydrogens (tertiary/aromatic N) is 3. The lowest BCUT2D eigenvalue weighted by atomic mass is 9.91. The Morgan fingerprint density at radius 2 is 1.97 bits per heavy atom. The molecule has 0 bridgehead atoms. The number of hydrogen-bond acceptors (Lipinski definition) is 5. The molecule has 6 nitrogen and oxygen atoms in total. The van der Waals surface area contributed by atoms with Crippen molar-refractivity contribution in [3.63, 3.8) is 0 Å². The Balaban J connectivity index is 1.91. The number of carbonyl (C=O) groups is 1. The van der Waals surface area contributed by atoms with Gasteiger partial charge in [0.05, 0.1) is 21.8 Å². The summed E-state index contributed by atoms with van der Waals surface area (Å²) in [7, 11) is -3.51. The van der Waals surface area contributed by atoms with E-state index in [4.69, 9.17) is 11.6 Å². The Labute approximate surface area is 175 Å². The first kappa shape index (κ1) is 19.9. The van der Waals surface area contributed by atoms with Crippen LogP contribution in [0.4, 0.5) is 0 Å². The van der Waals surface area contributed by atoms with Gasteiger partial charge in [0.2, 0.25) is 0 Å². The van der Waals surface area contributed by atoms with Crippen LogP contribution < -0.4 is 0 Å². The predicted octanol–water partition coefficient (Wildman–Crippen LogP) is 2.87. The summed E-state index contributed by atoms with van der Waals surface area (Å²) in [6.07, 6.45) is 4.99. The van der Waals surface area contributed by atoms with Gasteiger partial charge in [-0.25, -0.2) is 17.4 Å². The Hall–Kier alpha value is -2.42. The highest BCUT2D eigenvalue weighted by Crippen LogP contribution is 2.34. The Kier molecular flexibility index (Phi) is 5.33. The van der Waals surface area contributed by atoms with Crippen molar-refractivity contribution >= 4 is 51.8 Å². The summed E-state index contributed by atoms with van der Waals surface area (Å²) in [5.41, 5.74) is 2.75. The Morgan fingerprint density at radius 1 is 1.21 bits per heavy atom. The van der Waals surface area contributed by atoms with Crippen LogP contribution in [0.1, 0.15) is 17.7 Å². The van der Waals surface area contributed by atoms with Crippen molar-refractivity contribution in [2.45, 2.75) is 18.2 Å². The molecule has 2 aromatic heterocycles. The van der Waals surface area contributed by atoms with Crippen molar-refractivity contribution in [1.29, 1.82) is 0 Å². The lowest BCUT2D eigenvalue weighted by molar-refractivity contribution is 0.487. The fourth-order valence-electron chi connectivity index (χ4n) is 3.54. The normalized spacial score (nSPS) is 15.3. The summed E-state index contributed by atoms with van der Waals surface area (Å²) in [5, 5.41) is 1.05. The van der Waals surface area contributed by atoms with E-state index < -0.39 is 10.0 Å². The van der Waals surface area contributed by atoms with Crippen molar-refractivity contribution in [2.24, 2.45) is 0 Å². The van der Waals surface area contributed by atoms with Crippen LogP contribution in [-0.4, -0.2) is 48.9 Å². The van der Waals surface area contributed by atoms with Gasteiger partial charge in [-0.15, -0.1) is 0 Å². The fraction of sp³-hybridized carbons (Fsp3) is 0.200. The minimum absolute atomic E-state index is 0.197. The van der Waals surface area contributed by atoms with E-state index in [9.17, 15) is 13.2 Å². The first-order valence-corrected chi connectivity index (χ1v) is 11.1. The number of carbonyl (C=O) groups excluding carboxylic acids is 1. The van der Waals surface area contributed by atoms with Crippen LogP contribution in [-0.2, 0) is 14.8 Å². The van der Waals surface area contributed by atoms with Gasteiger partial charge in [0.1, 0.15) is 0 Å². The highest BCUT2D eigenvalue weighted by Gasteiger charge is 2.27. The molecular formula is C20H19BClN3O3S. The number of rotatable bonds is 5. The molecule has 29 heavy (non-hydrogen) atoms. The molecule has 0 spiro atoms. The molecule has 4 rings (SSSR count). The summed E-state index contributed by atoms with van der Waals surface area (Å²) < 4.78 is 28.4. The van der Waals surface area contributed by atoms with E-state index in [0.29, 0.717) is 48.7 Å². The van der Waals surface area contributed by atoms with Crippen molar-refractivity contribution in [2.75, 3.05) is 13.1 Å². The van der Waals surface area contributed by atoms with Gasteiger partial charge in [-0.05, 0) is 49.7 Å². The van der Waals surface area contributed by atoms with Crippen molar-refractivity contribution in [3.05, 3.63) is 65.0 Å². The van der Waals surface area contributed by atoms with Gasteiger partial charge in [0.15, 0.2) is 5.65 Å². The van der Waals surface area contributed by atoms with Crippen molar-refractivity contribution < 1.29 is 13.2 Å². The van der Waals surface area contributed by atoms with E-state index in [0.717, 1.165) is 17.3 Å². The van der Waals surface area contributed by atoms with Crippen molar-refractivity contribution in [1.82, 2.24) is 13.8 Å².